The van der Waals surface area contributed by atoms with E-state index in [9.17, 15) is 14.7 Å². The lowest BCUT2D eigenvalue weighted by Crippen LogP contribution is -2.41. The Morgan fingerprint density at radius 3 is 2.59 bits per heavy atom. The third-order valence-corrected chi connectivity index (χ3v) is 4.86. The van der Waals surface area contributed by atoms with Crippen LogP contribution in [0.25, 0.3) is 0 Å². The van der Waals surface area contributed by atoms with E-state index in [4.69, 9.17) is 4.74 Å². The van der Waals surface area contributed by atoms with Crippen LogP contribution in [0.5, 0.6) is 5.75 Å². The lowest BCUT2D eigenvalue weighted by molar-refractivity contribution is -0.141. The zero-order valence-corrected chi connectivity index (χ0v) is 16.2. The van der Waals surface area contributed by atoms with Crippen molar-refractivity contribution in [2.45, 2.75) is 46.3 Å². The Balaban J connectivity index is 2.11. The van der Waals surface area contributed by atoms with Crippen molar-refractivity contribution in [1.29, 1.82) is 0 Å². The number of Topliss-reactive ketones (excluding diaryl/α,β-unsaturated/α-hetero) is 1. The van der Waals surface area contributed by atoms with Crippen LogP contribution in [0.15, 0.2) is 36.4 Å². The summed E-state index contributed by atoms with van der Waals surface area (Å²) in [7, 11) is 0. The van der Waals surface area contributed by atoms with E-state index in [0.29, 0.717) is 23.6 Å². The number of fused-ring (bicyclic) bond motifs is 1. The van der Waals surface area contributed by atoms with Gasteiger partial charge in [-0.25, -0.2) is 0 Å². The molecule has 0 radical (unpaired) electrons. The molecule has 5 heteroatoms. The predicted octanol–water partition coefficient (Wildman–Crippen LogP) is 3.42. The molecule has 1 heterocycles. The summed E-state index contributed by atoms with van der Waals surface area (Å²) in [5.41, 5.74) is 2.06. The molecular formula is C22H25NO4. The molecule has 2 aromatic rings. The average Bonchev–Trinajstić information content (AvgIpc) is 2.78. The molecule has 0 saturated carbocycles. The molecule has 1 atom stereocenters. The van der Waals surface area contributed by atoms with Gasteiger partial charge in [0.2, 0.25) is 0 Å². The minimum Gasteiger partial charge on any atom is -0.494 e. The number of ketones is 1. The minimum absolute atomic E-state index is 0.229. The maximum atomic E-state index is 13.2. The molecule has 2 aromatic carbocycles. The Morgan fingerprint density at radius 1 is 1.22 bits per heavy atom. The van der Waals surface area contributed by atoms with Crippen LogP contribution in [0.4, 0.5) is 5.69 Å². The first-order chi connectivity index (χ1) is 12.8. The number of ether oxygens (including phenoxy) is 1. The van der Waals surface area contributed by atoms with Crippen LogP contribution in [0, 0.1) is 13.8 Å². The van der Waals surface area contributed by atoms with E-state index in [1.54, 1.807) is 11.0 Å². The van der Waals surface area contributed by atoms with Crippen LogP contribution in [-0.2, 0) is 21.7 Å². The molecule has 0 saturated heterocycles. The summed E-state index contributed by atoms with van der Waals surface area (Å²) in [5.74, 6) is 0.0151. The van der Waals surface area contributed by atoms with Crippen LogP contribution in [0.1, 0.15) is 42.5 Å². The van der Waals surface area contributed by atoms with Crippen LogP contribution in [0.2, 0.25) is 0 Å². The first kappa shape index (κ1) is 19.1. The smallest absolute Gasteiger partial charge is 0.264 e. The second-order valence-corrected chi connectivity index (χ2v) is 7.15. The van der Waals surface area contributed by atoms with Crippen molar-refractivity contribution in [3.8, 4) is 5.75 Å². The van der Waals surface area contributed by atoms with Crippen LogP contribution < -0.4 is 9.64 Å². The molecule has 1 aliphatic heterocycles. The molecule has 0 fully saturated rings. The largest absolute Gasteiger partial charge is 0.494 e. The van der Waals surface area contributed by atoms with E-state index in [2.05, 4.69) is 0 Å². The summed E-state index contributed by atoms with van der Waals surface area (Å²) in [4.78, 5) is 26.6. The van der Waals surface area contributed by atoms with Crippen molar-refractivity contribution in [3.05, 3.63) is 58.7 Å². The highest BCUT2D eigenvalue weighted by Gasteiger charge is 2.51. The molecule has 142 valence electrons. The van der Waals surface area contributed by atoms with Crippen molar-refractivity contribution in [2.75, 3.05) is 11.5 Å². The molecule has 1 unspecified atom stereocenters. The zero-order valence-electron chi connectivity index (χ0n) is 16.2. The van der Waals surface area contributed by atoms with Gasteiger partial charge in [-0.2, -0.15) is 0 Å². The maximum absolute atomic E-state index is 13.2. The van der Waals surface area contributed by atoms with Crippen LogP contribution in [0.3, 0.4) is 0 Å². The van der Waals surface area contributed by atoms with Gasteiger partial charge in [0.05, 0.1) is 18.8 Å². The lowest BCUT2D eigenvalue weighted by Gasteiger charge is -2.23. The number of hydrogen-bond donors (Lipinski definition) is 1. The number of hydrogen-bond acceptors (Lipinski definition) is 4. The maximum Gasteiger partial charge on any atom is 0.264 e. The number of para-hydroxylation sites is 1. The monoisotopic (exact) mass is 367 g/mol. The van der Waals surface area contributed by atoms with Crippen molar-refractivity contribution in [3.63, 3.8) is 0 Å². The fourth-order valence-electron chi connectivity index (χ4n) is 3.86. The van der Waals surface area contributed by atoms with Crippen molar-refractivity contribution in [2.24, 2.45) is 0 Å². The third-order valence-electron chi connectivity index (χ3n) is 4.86. The standard InChI is InChI=1S/C22H25NO4/c1-5-27-19-9-7-6-8-17(19)13-23-20-15(3)10-14(2)11-18(20)22(26,21(23)25)12-16(4)24/h6-11,26H,5,12-13H2,1-4H3. The molecule has 3 rings (SSSR count). The molecule has 0 spiro atoms. The molecule has 0 bridgehead atoms. The summed E-state index contributed by atoms with van der Waals surface area (Å²) in [6, 6.07) is 11.3. The zero-order chi connectivity index (χ0) is 19.8. The van der Waals surface area contributed by atoms with Gasteiger partial charge >= 0.3 is 0 Å². The Bertz CT molecular complexity index is 905. The fraction of sp³-hybridized carbons (Fsp3) is 0.364. The summed E-state index contributed by atoms with van der Waals surface area (Å²) in [5, 5.41) is 11.2. The van der Waals surface area contributed by atoms with E-state index in [1.807, 2.05) is 51.1 Å². The van der Waals surface area contributed by atoms with Gasteiger partial charge in [-0.05, 0) is 39.3 Å². The van der Waals surface area contributed by atoms with Crippen molar-refractivity contribution < 1.29 is 19.4 Å². The van der Waals surface area contributed by atoms with Gasteiger partial charge in [-0.15, -0.1) is 0 Å². The summed E-state index contributed by atoms with van der Waals surface area (Å²) in [6.07, 6.45) is -0.231. The summed E-state index contributed by atoms with van der Waals surface area (Å²) < 4.78 is 5.68. The Labute approximate surface area is 159 Å². The van der Waals surface area contributed by atoms with Crippen LogP contribution in [-0.4, -0.2) is 23.4 Å². The first-order valence-electron chi connectivity index (χ1n) is 9.14. The number of rotatable bonds is 6. The van der Waals surface area contributed by atoms with Gasteiger partial charge in [0.15, 0.2) is 5.60 Å². The van der Waals surface area contributed by atoms with E-state index < -0.39 is 11.5 Å². The van der Waals surface area contributed by atoms with Crippen molar-refractivity contribution in [1.82, 2.24) is 0 Å². The topological polar surface area (TPSA) is 66.8 Å². The van der Waals surface area contributed by atoms with Gasteiger partial charge in [0.1, 0.15) is 11.5 Å². The minimum atomic E-state index is -1.82. The van der Waals surface area contributed by atoms with Crippen molar-refractivity contribution >= 4 is 17.4 Å². The lowest BCUT2D eigenvalue weighted by atomic mass is 9.88. The van der Waals surface area contributed by atoms with Gasteiger partial charge < -0.3 is 14.7 Å². The van der Waals surface area contributed by atoms with Crippen LogP contribution >= 0.6 is 0 Å². The third kappa shape index (κ3) is 3.35. The average molecular weight is 367 g/mol. The number of aliphatic hydroxyl groups is 1. The van der Waals surface area contributed by atoms with Gasteiger partial charge in [0.25, 0.3) is 5.91 Å². The number of nitrogens with zero attached hydrogens (tertiary/aromatic N) is 1. The summed E-state index contributed by atoms with van der Waals surface area (Å²) in [6.45, 7) is 7.92. The number of benzene rings is 2. The highest BCUT2D eigenvalue weighted by molar-refractivity contribution is 6.09. The fourth-order valence-corrected chi connectivity index (χ4v) is 3.86. The Kier molecular flexibility index (Phi) is 5.07. The number of aryl methyl sites for hydroxylation is 2. The molecular weight excluding hydrogens is 342 g/mol. The SMILES string of the molecule is CCOc1ccccc1CN1C(=O)C(O)(CC(C)=O)c2cc(C)cc(C)c21. The van der Waals surface area contributed by atoms with Gasteiger partial charge in [-0.3, -0.25) is 9.59 Å². The highest BCUT2D eigenvalue weighted by Crippen LogP contribution is 2.46. The van der Waals surface area contributed by atoms with Gasteiger partial charge in [0, 0.05) is 17.5 Å². The number of anilines is 1. The second-order valence-electron chi connectivity index (χ2n) is 7.15. The van der Waals surface area contributed by atoms with E-state index >= 15 is 0 Å². The molecule has 0 aliphatic carbocycles. The predicted molar refractivity (Wildman–Crippen MR) is 104 cm³/mol. The summed E-state index contributed by atoms with van der Waals surface area (Å²) >= 11 is 0. The first-order valence-corrected chi connectivity index (χ1v) is 9.14. The van der Waals surface area contributed by atoms with E-state index in [0.717, 1.165) is 16.7 Å². The quantitative estimate of drug-likeness (QED) is 0.850. The Morgan fingerprint density at radius 2 is 1.93 bits per heavy atom. The normalized spacial score (nSPS) is 18.6. The second kappa shape index (κ2) is 7.16. The molecule has 1 aliphatic rings. The molecule has 5 nitrogen and oxygen atoms in total. The van der Waals surface area contributed by atoms with Gasteiger partial charge in [-0.1, -0.05) is 35.9 Å². The number of carbonyl (C=O) groups excluding carboxylic acids is 2. The molecule has 0 aromatic heterocycles. The Hall–Kier alpha value is -2.66. The molecule has 1 amide bonds. The molecule has 1 N–H and O–H groups in total. The number of carbonyl (C=O) groups is 2. The number of amides is 1. The van der Waals surface area contributed by atoms with E-state index in [1.165, 1.54) is 6.92 Å². The van der Waals surface area contributed by atoms with E-state index in [-0.39, 0.29) is 18.7 Å². The molecule has 27 heavy (non-hydrogen) atoms. The highest BCUT2D eigenvalue weighted by atomic mass is 16.5.